The Labute approximate surface area is 107 Å². The summed E-state index contributed by atoms with van der Waals surface area (Å²) in [6.07, 6.45) is 6.16. The normalized spacial score (nSPS) is 21.9. The first-order chi connectivity index (χ1) is 8.75. The lowest BCUT2D eigenvalue weighted by molar-refractivity contribution is -0.137. The number of aromatic nitrogens is 2. The van der Waals surface area contributed by atoms with E-state index in [1.165, 1.54) is 12.8 Å². The molecule has 2 aliphatic rings. The maximum absolute atomic E-state index is 12.5. The average Bonchev–Trinajstić information content (AvgIpc) is 3.06. The first kappa shape index (κ1) is 11.7. The topological polar surface area (TPSA) is 41.4 Å². The molecular formula is C13H20N4O. The Balaban J connectivity index is 1.66. The Morgan fingerprint density at radius 1 is 1.28 bits per heavy atom. The van der Waals surface area contributed by atoms with Crippen molar-refractivity contribution in [3.05, 3.63) is 18.2 Å². The summed E-state index contributed by atoms with van der Waals surface area (Å²) in [5.74, 6) is 0.268. The quantitative estimate of drug-likeness (QED) is 0.774. The van der Waals surface area contributed by atoms with Crippen LogP contribution in [0.4, 0.5) is 0 Å². The van der Waals surface area contributed by atoms with E-state index in [1.54, 1.807) is 0 Å². The second kappa shape index (κ2) is 4.72. The van der Waals surface area contributed by atoms with Gasteiger partial charge in [-0.2, -0.15) is 0 Å². The third-order valence-corrected chi connectivity index (χ3v) is 4.12. The first-order valence-electron chi connectivity index (χ1n) is 6.77. The van der Waals surface area contributed by atoms with Crippen molar-refractivity contribution in [2.75, 3.05) is 19.6 Å². The highest BCUT2D eigenvalue weighted by Crippen LogP contribution is 2.17. The molecule has 0 aromatic carbocycles. The predicted molar refractivity (Wildman–Crippen MR) is 67.9 cm³/mol. The van der Waals surface area contributed by atoms with Gasteiger partial charge in [-0.15, -0.1) is 0 Å². The minimum atomic E-state index is 0.0296. The van der Waals surface area contributed by atoms with Crippen molar-refractivity contribution < 1.29 is 4.79 Å². The Hall–Kier alpha value is -1.36. The molecule has 1 unspecified atom stereocenters. The molecule has 0 radical (unpaired) electrons. The van der Waals surface area contributed by atoms with Gasteiger partial charge in [0, 0.05) is 19.3 Å². The molecular weight excluding hydrogens is 228 g/mol. The number of amides is 1. The Morgan fingerprint density at radius 3 is 2.83 bits per heavy atom. The van der Waals surface area contributed by atoms with Crippen LogP contribution in [-0.2, 0) is 17.9 Å². The van der Waals surface area contributed by atoms with Crippen molar-refractivity contribution >= 4 is 5.91 Å². The largest absolute Gasteiger partial charge is 0.334 e. The van der Waals surface area contributed by atoms with E-state index in [-0.39, 0.29) is 11.9 Å². The van der Waals surface area contributed by atoms with E-state index in [1.807, 2.05) is 24.3 Å². The van der Waals surface area contributed by atoms with E-state index < -0.39 is 0 Å². The van der Waals surface area contributed by atoms with Gasteiger partial charge in [-0.25, -0.2) is 4.98 Å². The minimum absolute atomic E-state index is 0.0296. The molecule has 98 valence electrons. The number of imidazole rings is 1. The Morgan fingerprint density at radius 2 is 2.06 bits per heavy atom. The van der Waals surface area contributed by atoms with Crippen LogP contribution in [0.1, 0.15) is 25.5 Å². The molecule has 18 heavy (non-hydrogen) atoms. The highest BCUT2D eigenvalue weighted by molar-refractivity contribution is 5.81. The summed E-state index contributed by atoms with van der Waals surface area (Å²) in [5, 5.41) is 0. The van der Waals surface area contributed by atoms with Gasteiger partial charge in [0.1, 0.15) is 0 Å². The van der Waals surface area contributed by atoms with Gasteiger partial charge in [-0.1, -0.05) is 0 Å². The van der Waals surface area contributed by atoms with Gasteiger partial charge in [0.05, 0.1) is 24.6 Å². The second-order valence-corrected chi connectivity index (χ2v) is 5.26. The molecule has 1 amide bonds. The molecule has 1 atom stereocenters. The van der Waals surface area contributed by atoms with Gasteiger partial charge in [-0.05, 0) is 32.9 Å². The molecule has 0 spiro atoms. The SMILES string of the molecule is CC(C(=O)N1CCn2cncc2C1)N1CCCC1. The van der Waals surface area contributed by atoms with Crippen LogP contribution in [0.3, 0.4) is 0 Å². The fourth-order valence-electron chi connectivity index (χ4n) is 2.92. The number of nitrogens with zero attached hydrogens (tertiary/aromatic N) is 4. The van der Waals surface area contributed by atoms with Crippen LogP contribution < -0.4 is 0 Å². The number of rotatable bonds is 2. The fourth-order valence-corrected chi connectivity index (χ4v) is 2.92. The predicted octanol–water partition coefficient (Wildman–Crippen LogP) is 0.710. The molecule has 1 fully saturated rings. The van der Waals surface area contributed by atoms with Crippen LogP contribution in [0.25, 0.3) is 0 Å². The van der Waals surface area contributed by atoms with E-state index in [4.69, 9.17) is 0 Å². The maximum atomic E-state index is 12.5. The average molecular weight is 248 g/mol. The molecule has 0 bridgehead atoms. The first-order valence-corrected chi connectivity index (χ1v) is 6.77. The summed E-state index contributed by atoms with van der Waals surface area (Å²) in [6, 6.07) is 0.0296. The maximum Gasteiger partial charge on any atom is 0.240 e. The number of likely N-dealkylation sites (tertiary alicyclic amines) is 1. The standard InChI is InChI=1S/C13H20N4O/c1-11(15-4-2-3-5-15)13(18)16-6-7-17-10-14-8-12(17)9-16/h8,10-11H,2-7,9H2,1H3. The summed E-state index contributed by atoms with van der Waals surface area (Å²) in [7, 11) is 0. The van der Waals surface area contributed by atoms with Crippen molar-refractivity contribution in [2.45, 2.75) is 38.9 Å². The van der Waals surface area contributed by atoms with Gasteiger partial charge >= 0.3 is 0 Å². The summed E-state index contributed by atoms with van der Waals surface area (Å²) in [4.78, 5) is 20.9. The van der Waals surface area contributed by atoms with Gasteiger partial charge in [0.2, 0.25) is 5.91 Å². The lowest BCUT2D eigenvalue weighted by Gasteiger charge is -2.33. The van der Waals surface area contributed by atoms with Gasteiger partial charge in [-0.3, -0.25) is 9.69 Å². The van der Waals surface area contributed by atoms with Crippen molar-refractivity contribution in [3.63, 3.8) is 0 Å². The van der Waals surface area contributed by atoms with Gasteiger partial charge in [0.15, 0.2) is 0 Å². The van der Waals surface area contributed by atoms with E-state index >= 15 is 0 Å². The Kier molecular flexibility index (Phi) is 3.07. The molecule has 5 heteroatoms. The summed E-state index contributed by atoms with van der Waals surface area (Å²) in [5.41, 5.74) is 1.14. The molecule has 3 rings (SSSR count). The summed E-state index contributed by atoms with van der Waals surface area (Å²) >= 11 is 0. The molecule has 1 saturated heterocycles. The molecule has 0 N–H and O–H groups in total. The van der Waals surface area contributed by atoms with Crippen LogP contribution in [0.15, 0.2) is 12.5 Å². The molecule has 5 nitrogen and oxygen atoms in total. The number of carbonyl (C=O) groups is 1. The van der Waals surface area contributed by atoms with Crippen molar-refractivity contribution in [3.8, 4) is 0 Å². The fraction of sp³-hybridized carbons (Fsp3) is 0.692. The lowest BCUT2D eigenvalue weighted by atomic mass is 10.2. The molecule has 1 aromatic rings. The second-order valence-electron chi connectivity index (χ2n) is 5.26. The third-order valence-electron chi connectivity index (χ3n) is 4.12. The number of hydrogen-bond acceptors (Lipinski definition) is 3. The highest BCUT2D eigenvalue weighted by atomic mass is 16.2. The summed E-state index contributed by atoms with van der Waals surface area (Å²) < 4.78 is 2.13. The van der Waals surface area contributed by atoms with Crippen molar-refractivity contribution in [1.29, 1.82) is 0 Å². The smallest absolute Gasteiger partial charge is 0.240 e. The van der Waals surface area contributed by atoms with Crippen LogP contribution >= 0.6 is 0 Å². The van der Waals surface area contributed by atoms with Crippen molar-refractivity contribution in [1.82, 2.24) is 19.4 Å². The van der Waals surface area contributed by atoms with E-state index in [0.717, 1.165) is 31.9 Å². The van der Waals surface area contributed by atoms with Crippen LogP contribution in [0, 0.1) is 0 Å². The molecule has 0 aliphatic carbocycles. The summed E-state index contributed by atoms with van der Waals surface area (Å²) in [6.45, 7) is 6.56. The molecule has 3 heterocycles. The zero-order valence-electron chi connectivity index (χ0n) is 10.9. The minimum Gasteiger partial charge on any atom is -0.334 e. The van der Waals surface area contributed by atoms with E-state index in [2.05, 4.69) is 14.5 Å². The third kappa shape index (κ3) is 2.03. The van der Waals surface area contributed by atoms with Crippen molar-refractivity contribution in [2.24, 2.45) is 0 Å². The number of hydrogen-bond donors (Lipinski definition) is 0. The zero-order chi connectivity index (χ0) is 12.5. The Bertz CT molecular complexity index is 436. The van der Waals surface area contributed by atoms with Crippen LogP contribution in [0.5, 0.6) is 0 Å². The molecule has 2 aliphatic heterocycles. The van der Waals surface area contributed by atoms with E-state index in [9.17, 15) is 4.79 Å². The molecule has 1 aromatic heterocycles. The highest BCUT2D eigenvalue weighted by Gasteiger charge is 2.29. The molecule has 0 saturated carbocycles. The number of carbonyl (C=O) groups excluding carboxylic acids is 1. The van der Waals surface area contributed by atoms with Crippen LogP contribution in [0.2, 0.25) is 0 Å². The van der Waals surface area contributed by atoms with Gasteiger partial charge in [0.25, 0.3) is 0 Å². The van der Waals surface area contributed by atoms with E-state index in [0.29, 0.717) is 6.54 Å². The lowest BCUT2D eigenvalue weighted by Crippen LogP contribution is -2.48. The van der Waals surface area contributed by atoms with Crippen LogP contribution in [-0.4, -0.2) is 50.9 Å². The van der Waals surface area contributed by atoms with Gasteiger partial charge < -0.3 is 9.47 Å². The number of fused-ring (bicyclic) bond motifs is 1. The monoisotopic (exact) mass is 248 g/mol. The zero-order valence-corrected chi connectivity index (χ0v) is 10.9.